The van der Waals surface area contributed by atoms with Gasteiger partial charge in [0.25, 0.3) is 0 Å². The molecule has 5 heteroatoms. The molecule has 1 aromatic heterocycles. The summed E-state index contributed by atoms with van der Waals surface area (Å²) < 4.78 is 1.66. The molecule has 1 rings (SSSR count). The maximum atomic E-state index is 9.91. The highest BCUT2D eigenvalue weighted by Gasteiger charge is 2.19. The lowest BCUT2D eigenvalue weighted by molar-refractivity contribution is 0.0339. The Morgan fingerprint density at radius 3 is 2.81 bits per heavy atom. The molecule has 5 nitrogen and oxygen atoms in total. The van der Waals surface area contributed by atoms with Gasteiger partial charge in [0.05, 0.1) is 30.1 Å². The molecule has 0 bridgehead atoms. The molecule has 1 aromatic rings. The third-order valence-electron chi connectivity index (χ3n) is 2.80. The lowest BCUT2D eigenvalue weighted by Crippen LogP contribution is -2.29. The molecule has 0 saturated carbocycles. The maximum Gasteiger partial charge on any atom is 0.0994 e. The van der Waals surface area contributed by atoms with E-state index < -0.39 is 5.60 Å². The highest BCUT2D eigenvalue weighted by molar-refractivity contribution is 4.99. The van der Waals surface area contributed by atoms with E-state index in [9.17, 15) is 5.11 Å². The number of nitrogens with two attached hydrogens (primary N) is 1. The Bertz CT molecular complexity index is 322. The van der Waals surface area contributed by atoms with Gasteiger partial charge >= 0.3 is 0 Å². The first-order valence-corrected chi connectivity index (χ1v) is 5.86. The van der Waals surface area contributed by atoms with Gasteiger partial charge in [0.1, 0.15) is 0 Å². The molecule has 2 unspecified atom stereocenters. The van der Waals surface area contributed by atoms with Crippen molar-refractivity contribution in [3.8, 4) is 0 Å². The minimum absolute atomic E-state index is 0.0506. The van der Waals surface area contributed by atoms with E-state index in [1.807, 2.05) is 13.1 Å². The van der Waals surface area contributed by atoms with Crippen molar-refractivity contribution in [3.63, 3.8) is 0 Å². The monoisotopic (exact) mass is 226 g/mol. The fraction of sp³-hybridized carbons (Fsp3) is 0.818. The van der Waals surface area contributed by atoms with Crippen LogP contribution in [-0.4, -0.2) is 25.7 Å². The largest absolute Gasteiger partial charge is 0.388 e. The maximum absolute atomic E-state index is 9.91. The highest BCUT2D eigenvalue weighted by Crippen LogP contribution is 2.15. The van der Waals surface area contributed by atoms with Gasteiger partial charge in [-0.2, -0.15) is 0 Å². The average Bonchev–Trinajstić information content (AvgIpc) is 2.66. The Kier molecular flexibility index (Phi) is 4.44. The molecule has 0 radical (unpaired) electrons. The fourth-order valence-electron chi connectivity index (χ4n) is 1.48. The van der Waals surface area contributed by atoms with Crippen LogP contribution in [-0.2, 0) is 6.54 Å². The number of rotatable bonds is 6. The summed E-state index contributed by atoms with van der Waals surface area (Å²) in [7, 11) is 0. The van der Waals surface area contributed by atoms with Gasteiger partial charge in [0.2, 0.25) is 0 Å². The van der Waals surface area contributed by atoms with E-state index in [-0.39, 0.29) is 6.04 Å². The van der Waals surface area contributed by atoms with Crippen LogP contribution in [0, 0.1) is 0 Å². The molecule has 0 aliphatic carbocycles. The second kappa shape index (κ2) is 5.41. The molecule has 0 aliphatic heterocycles. The Hall–Kier alpha value is -0.940. The normalized spacial score (nSPS) is 17.1. The van der Waals surface area contributed by atoms with E-state index in [0.29, 0.717) is 13.0 Å². The summed E-state index contributed by atoms with van der Waals surface area (Å²) in [6, 6.07) is -0.0506. The summed E-state index contributed by atoms with van der Waals surface area (Å²) in [5.41, 5.74) is 6.00. The Balaban J connectivity index is 2.64. The lowest BCUT2D eigenvalue weighted by Gasteiger charge is -2.20. The van der Waals surface area contributed by atoms with Crippen molar-refractivity contribution < 1.29 is 5.11 Å². The zero-order valence-corrected chi connectivity index (χ0v) is 10.3. The molecule has 2 atom stereocenters. The minimum Gasteiger partial charge on any atom is -0.388 e. The van der Waals surface area contributed by atoms with Gasteiger partial charge in [-0.3, -0.25) is 0 Å². The molecule has 92 valence electrons. The third-order valence-corrected chi connectivity index (χ3v) is 2.80. The van der Waals surface area contributed by atoms with Gasteiger partial charge in [-0.25, -0.2) is 4.68 Å². The molecule has 0 saturated heterocycles. The first-order chi connectivity index (χ1) is 7.48. The van der Waals surface area contributed by atoms with Gasteiger partial charge in [0, 0.05) is 0 Å². The zero-order chi connectivity index (χ0) is 12.2. The number of nitrogens with zero attached hydrogens (tertiary/aromatic N) is 3. The van der Waals surface area contributed by atoms with Crippen molar-refractivity contribution in [2.45, 2.75) is 58.2 Å². The van der Waals surface area contributed by atoms with Crippen molar-refractivity contribution in [2.24, 2.45) is 5.73 Å². The summed E-state index contributed by atoms with van der Waals surface area (Å²) in [6.07, 6.45) is 4.44. The average molecular weight is 226 g/mol. The van der Waals surface area contributed by atoms with Crippen LogP contribution in [0.1, 0.15) is 51.8 Å². The van der Waals surface area contributed by atoms with Gasteiger partial charge < -0.3 is 10.8 Å². The number of aliphatic hydroxyl groups is 1. The molecule has 0 aliphatic rings. The van der Waals surface area contributed by atoms with Crippen LogP contribution in [0.25, 0.3) is 0 Å². The summed E-state index contributed by atoms with van der Waals surface area (Å²) in [6.45, 7) is 6.28. The van der Waals surface area contributed by atoms with Crippen molar-refractivity contribution >= 4 is 0 Å². The standard InChI is InChI=1S/C11H22N4O/c1-4-6-9(12)10-7-15(14-13-10)8-11(3,16)5-2/h7,9,16H,4-6,8,12H2,1-3H3. The van der Waals surface area contributed by atoms with Crippen LogP contribution in [0.2, 0.25) is 0 Å². The lowest BCUT2D eigenvalue weighted by atomic mass is 10.0. The summed E-state index contributed by atoms with van der Waals surface area (Å²) >= 11 is 0. The molecular weight excluding hydrogens is 204 g/mol. The highest BCUT2D eigenvalue weighted by atomic mass is 16.3. The Morgan fingerprint density at radius 1 is 1.56 bits per heavy atom. The van der Waals surface area contributed by atoms with Crippen LogP contribution < -0.4 is 5.73 Å². The number of aromatic nitrogens is 3. The van der Waals surface area contributed by atoms with Crippen molar-refractivity contribution in [2.75, 3.05) is 0 Å². The molecule has 0 aromatic carbocycles. The molecular formula is C11H22N4O. The van der Waals surface area contributed by atoms with Crippen molar-refractivity contribution in [1.82, 2.24) is 15.0 Å². The molecule has 3 N–H and O–H groups in total. The van der Waals surface area contributed by atoms with E-state index in [1.54, 1.807) is 11.6 Å². The summed E-state index contributed by atoms with van der Waals surface area (Å²) in [5, 5.41) is 17.9. The first-order valence-electron chi connectivity index (χ1n) is 5.86. The summed E-state index contributed by atoms with van der Waals surface area (Å²) in [5.74, 6) is 0. The molecule has 0 spiro atoms. The van der Waals surface area contributed by atoms with Crippen LogP contribution in [0.3, 0.4) is 0 Å². The van der Waals surface area contributed by atoms with Gasteiger partial charge in [0.15, 0.2) is 0 Å². The fourth-order valence-corrected chi connectivity index (χ4v) is 1.48. The Morgan fingerprint density at radius 2 is 2.25 bits per heavy atom. The van der Waals surface area contributed by atoms with E-state index >= 15 is 0 Å². The van der Waals surface area contributed by atoms with E-state index in [2.05, 4.69) is 17.2 Å². The Labute approximate surface area is 96.6 Å². The minimum atomic E-state index is -0.736. The number of hydrogen-bond donors (Lipinski definition) is 2. The van der Waals surface area contributed by atoms with Crippen molar-refractivity contribution in [1.29, 1.82) is 0 Å². The predicted molar refractivity (Wildman–Crippen MR) is 62.8 cm³/mol. The van der Waals surface area contributed by atoms with E-state index in [0.717, 1.165) is 18.5 Å². The topological polar surface area (TPSA) is 77.0 Å². The van der Waals surface area contributed by atoms with Gasteiger partial charge in [-0.1, -0.05) is 25.5 Å². The third kappa shape index (κ3) is 3.57. The molecule has 16 heavy (non-hydrogen) atoms. The summed E-state index contributed by atoms with van der Waals surface area (Å²) in [4.78, 5) is 0. The van der Waals surface area contributed by atoms with Crippen LogP contribution in [0.4, 0.5) is 0 Å². The SMILES string of the molecule is CCCC(N)c1cn(CC(C)(O)CC)nn1. The van der Waals surface area contributed by atoms with Crippen LogP contribution in [0.5, 0.6) is 0 Å². The first kappa shape index (κ1) is 13.1. The molecule has 0 amide bonds. The van der Waals surface area contributed by atoms with E-state index in [4.69, 9.17) is 5.73 Å². The predicted octanol–water partition coefficient (Wildman–Crippen LogP) is 1.24. The smallest absolute Gasteiger partial charge is 0.0994 e. The van der Waals surface area contributed by atoms with Gasteiger partial charge in [-0.15, -0.1) is 5.10 Å². The second-order valence-corrected chi connectivity index (χ2v) is 4.59. The second-order valence-electron chi connectivity index (χ2n) is 4.59. The zero-order valence-electron chi connectivity index (χ0n) is 10.3. The quantitative estimate of drug-likeness (QED) is 0.765. The van der Waals surface area contributed by atoms with Crippen LogP contribution in [0.15, 0.2) is 6.20 Å². The van der Waals surface area contributed by atoms with Gasteiger partial charge in [-0.05, 0) is 19.8 Å². The number of hydrogen-bond acceptors (Lipinski definition) is 4. The van der Waals surface area contributed by atoms with E-state index in [1.165, 1.54) is 0 Å². The van der Waals surface area contributed by atoms with Crippen LogP contribution >= 0.6 is 0 Å². The molecule has 1 heterocycles. The molecule has 0 fully saturated rings. The van der Waals surface area contributed by atoms with Crippen molar-refractivity contribution in [3.05, 3.63) is 11.9 Å².